The molecule has 3 N–H and O–H groups in total. The van der Waals surface area contributed by atoms with E-state index in [0.29, 0.717) is 17.4 Å². The summed E-state index contributed by atoms with van der Waals surface area (Å²) in [6.45, 7) is 0. The van der Waals surface area contributed by atoms with Gasteiger partial charge in [0, 0.05) is 11.1 Å². The molecule has 5 aromatic rings. The first-order chi connectivity index (χ1) is 12.8. The maximum absolute atomic E-state index is 9.38. The summed E-state index contributed by atoms with van der Waals surface area (Å²) in [6.07, 6.45) is 1.64. The van der Waals surface area contributed by atoms with Crippen molar-refractivity contribution < 1.29 is 9.63 Å². The van der Waals surface area contributed by atoms with Gasteiger partial charge in [-0.3, -0.25) is 5.10 Å². The summed E-state index contributed by atoms with van der Waals surface area (Å²) in [5.41, 5.74) is 4.83. The Hall–Kier alpha value is -3.94. The number of H-pyrrole nitrogens is 2. The summed E-state index contributed by atoms with van der Waals surface area (Å²) in [5, 5.41) is 20.6. The van der Waals surface area contributed by atoms with E-state index in [-0.39, 0.29) is 5.75 Å². The van der Waals surface area contributed by atoms with Gasteiger partial charge in [-0.15, -0.1) is 0 Å². The van der Waals surface area contributed by atoms with Gasteiger partial charge in [-0.1, -0.05) is 5.16 Å². The predicted octanol–water partition coefficient (Wildman–Crippen LogP) is 3.38. The van der Waals surface area contributed by atoms with Crippen molar-refractivity contribution in [1.82, 2.24) is 30.3 Å². The molecule has 0 unspecified atom stereocenters. The number of hydrogen-bond donors (Lipinski definition) is 3. The molecule has 0 fully saturated rings. The van der Waals surface area contributed by atoms with Gasteiger partial charge >= 0.3 is 0 Å². The minimum absolute atomic E-state index is 0.209. The van der Waals surface area contributed by atoms with Gasteiger partial charge in [-0.05, 0) is 48.5 Å². The molecule has 0 spiro atoms. The van der Waals surface area contributed by atoms with Gasteiger partial charge in [-0.25, -0.2) is 4.98 Å². The van der Waals surface area contributed by atoms with Crippen molar-refractivity contribution in [3.8, 4) is 40.0 Å². The number of imidazole rings is 1. The third-order valence-electron chi connectivity index (χ3n) is 4.08. The normalized spacial score (nSPS) is 11.2. The topological polar surface area (TPSA) is 117 Å². The van der Waals surface area contributed by atoms with Crippen LogP contribution in [0.4, 0.5) is 0 Å². The number of aromatic hydroxyl groups is 1. The molecule has 0 atom stereocenters. The highest BCUT2D eigenvalue weighted by Crippen LogP contribution is 2.26. The zero-order chi connectivity index (χ0) is 17.5. The third kappa shape index (κ3) is 2.40. The van der Waals surface area contributed by atoms with Gasteiger partial charge in [-0.2, -0.15) is 10.1 Å². The maximum atomic E-state index is 9.38. The molecule has 8 heteroatoms. The molecule has 126 valence electrons. The summed E-state index contributed by atoms with van der Waals surface area (Å²) in [6, 6.07) is 14.3. The maximum Gasteiger partial charge on any atom is 0.276 e. The van der Waals surface area contributed by atoms with E-state index in [9.17, 15) is 5.11 Å². The Morgan fingerprint density at radius 1 is 0.962 bits per heavy atom. The van der Waals surface area contributed by atoms with Gasteiger partial charge in [0.05, 0.1) is 23.1 Å². The Bertz CT molecular complexity index is 1200. The van der Waals surface area contributed by atoms with E-state index >= 15 is 0 Å². The lowest BCUT2D eigenvalue weighted by Crippen LogP contribution is -1.82. The molecule has 0 bridgehead atoms. The molecule has 0 aliphatic heterocycles. The molecule has 3 aromatic heterocycles. The second-order valence-corrected chi connectivity index (χ2v) is 5.77. The Morgan fingerprint density at radius 3 is 2.69 bits per heavy atom. The van der Waals surface area contributed by atoms with Crippen molar-refractivity contribution in [1.29, 1.82) is 0 Å². The monoisotopic (exact) mass is 344 g/mol. The first kappa shape index (κ1) is 14.4. The average Bonchev–Trinajstić information content (AvgIpc) is 3.40. The highest BCUT2D eigenvalue weighted by atomic mass is 16.5. The SMILES string of the molecule is Oc1ccc(-c2cc(-c3nc(-c4ccc5nc[nH]c5c4)no3)[nH]n2)cc1. The summed E-state index contributed by atoms with van der Waals surface area (Å²) in [5.74, 6) is 1.04. The number of hydrogen-bond acceptors (Lipinski definition) is 6. The largest absolute Gasteiger partial charge is 0.508 e. The van der Waals surface area contributed by atoms with Crippen LogP contribution < -0.4 is 0 Å². The highest BCUT2D eigenvalue weighted by Gasteiger charge is 2.14. The Morgan fingerprint density at radius 2 is 1.81 bits per heavy atom. The molecule has 0 saturated heterocycles. The van der Waals surface area contributed by atoms with Crippen molar-refractivity contribution >= 4 is 11.0 Å². The predicted molar refractivity (Wildman–Crippen MR) is 94.1 cm³/mol. The zero-order valence-corrected chi connectivity index (χ0v) is 13.3. The van der Waals surface area contributed by atoms with Gasteiger partial charge in [0.25, 0.3) is 5.89 Å². The number of phenolic OH excluding ortho intramolecular Hbond substituents is 1. The van der Waals surface area contributed by atoms with E-state index in [2.05, 4.69) is 30.3 Å². The van der Waals surface area contributed by atoms with Crippen LogP contribution in [0.25, 0.3) is 45.3 Å². The molecule has 2 aromatic carbocycles. The van der Waals surface area contributed by atoms with Crippen molar-refractivity contribution in [3.05, 3.63) is 54.9 Å². The highest BCUT2D eigenvalue weighted by molar-refractivity contribution is 5.80. The zero-order valence-electron chi connectivity index (χ0n) is 13.3. The molecule has 0 saturated carbocycles. The molecule has 0 aliphatic carbocycles. The van der Waals surface area contributed by atoms with E-state index in [1.807, 2.05) is 24.3 Å². The number of aromatic amines is 2. The Balaban J connectivity index is 1.47. The van der Waals surface area contributed by atoms with E-state index < -0.39 is 0 Å². The quantitative estimate of drug-likeness (QED) is 0.462. The van der Waals surface area contributed by atoms with Crippen LogP contribution in [0.3, 0.4) is 0 Å². The molecule has 0 aliphatic rings. The second-order valence-electron chi connectivity index (χ2n) is 5.77. The first-order valence-electron chi connectivity index (χ1n) is 7.89. The number of fused-ring (bicyclic) bond motifs is 1. The summed E-state index contributed by atoms with van der Waals surface area (Å²) in [4.78, 5) is 11.7. The summed E-state index contributed by atoms with van der Waals surface area (Å²) < 4.78 is 5.37. The van der Waals surface area contributed by atoms with Crippen molar-refractivity contribution in [2.45, 2.75) is 0 Å². The molecular weight excluding hydrogens is 332 g/mol. The number of rotatable bonds is 3. The van der Waals surface area contributed by atoms with Gasteiger partial charge in [0.15, 0.2) is 0 Å². The minimum Gasteiger partial charge on any atom is -0.508 e. The lowest BCUT2D eigenvalue weighted by atomic mass is 10.1. The van der Waals surface area contributed by atoms with Gasteiger partial charge in [0.1, 0.15) is 11.4 Å². The van der Waals surface area contributed by atoms with Crippen molar-refractivity contribution in [3.63, 3.8) is 0 Å². The van der Waals surface area contributed by atoms with Crippen LogP contribution in [0.15, 0.2) is 59.4 Å². The van der Waals surface area contributed by atoms with E-state index in [4.69, 9.17) is 4.52 Å². The van der Waals surface area contributed by atoms with Crippen LogP contribution in [0.5, 0.6) is 5.75 Å². The van der Waals surface area contributed by atoms with Crippen LogP contribution in [0.1, 0.15) is 0 Å². The number of nitrogens with one attached hydrogen (secondary N) is 2. The lowest BCUT2D eigenvalue weighted by Gasteiger charge is -1.95. The Labute approximate surface area is 146 Å². The number of phenols is 1. The van der Waals surface area contributed by atoms with E-state index in [0.717, 1.165) is 27.9 Å². The van der Waals surface area contributed by atoms with Crippen LogP contribution in [0, 0.1) is 0 Å². The van der Waals surface area contributed by atoms with Crippen molar-refractivity contribution in [2.75, 3.05) is 0 Å². The summed E-state index contributed by atoms with van der Waals surface area (Å²) >= 11 is 0. The lowest BCUT2D eigenvalue weighted by molar-refractivity contribution is 0.431. The summed E-state index contributed by atoms with van der Waals surface area (Å²) in [7, 11) is 0. The van der Waals surface area contributed by atoms with Crippen LogP contribution in [-0.4, -0.2) is 35.4 Å². The fourth-order valence-electron chi connectivity index (χ4n) is 2.74. The van der Waals surface area contributed by atoms with E-state index in [1.54, 1.807) is 30.6 Å². The third-order valence-corrected chi connectivity index (χ3v) is 4.08. The van der Waals surface area contributed by atoms with Gasteiger partial charge < -0.3 is 14.6 Å². The number of nitrogens with zero attached hydrogens (tertiary/aromatic N) is 4. The molecule has 3 heterocycles. The molecule has 0 radical (unpaired) electrons. The fraction of sp³-hybridized carbons (Fsp3) is 0. The average molecular weight is 344 g/mol. The number of aromatic nitrogens is 6. The molecule has 5 rings (SSSR count). The van der Waals surface area contributed by atoms with Gasteiger partial charge in [0.2, 0.25) is 5.82 Å². The fourth-order valence-corrected chi connectivity index (χ4v) is 2.74. The molecule has 8 nitrogen and oxygen atoms in total. The smallest absolute Gasteiger partial charge is 0.276 e. The molecular formula is C18H12N6O2. The van der Waals surface area contributed by atoms with Crippen molar-refractivity contribution in [2.24, 2.45) is 0 Å². The standard InChI is InChI=1S/C18H12N6O2/c25-12-4-1-10(2-5-12)14-8-16(23-22-14)18-21-17(24-26-18)11-3-6-13-15(7-11)20-9-19-13/h1-9,25H,(H,19,20)(H,22,23). The van der Waals surface area contributed by atoms with E-state index in [1.165, 1.54) is 0 Å². The van der Waals surface area contributed by atoms with Crippen LogP contribution in [-0.2, 0) is 0 Å². The number of benzene rings is 2. The molecule has 0 amide bonds. The van der Waals surface area contributed by atoms with Crippen LogP contribution in [0.2, 0.25) is 0 Å². The first-order valence-corrected chi connectivity index (χ1v) is 7.89. The molecule has 26 heavy (non-hydrogen) atoms. The van der Waals surface area contributed by atoms with Crippen LogP contribution >= 0.6 is 0 Å². The minimum atomic E-state index is 0.209. The second kappa shape index (κ2) is 5.55. The Kier molecular flexibility index (Phi) is 3.08.